The number of hydrogen-bond donors (Lipinski definition) is 1. The maximum atomic E-state index is 5.22. The van der Waals surface area contributed by atoms with E-state index < -0.39 is 0 Å². The van der Waals surface area contributed by atoms with Gasteiger partial charge in [-0.15, -0.1) is 0 Å². The van der Waals surface area contributed by atoms with Crippen molar-refractivity contribution in [2.24, 2.45) is 5.10 Å². The van der Waals surface area contributed by atoms with Gasteiger partial charge in [-0.25, -0.2) is 0 Å². The van der Waals surface area contributed by atoms with Crippen LogP contribution in [0.1, 0.15) is 26.3 Å². The Morgan fingerprint density at radius 1 is 1.50 bits per heavy atom. The fourth-order valence-corrected chi connectivity index (χ4v) is 1.06. The maximum absolute atomic E-state index is 5.22. The average molecular weight is 221 g/mol. The van der Waals surface area contributed by atoms with Gasteiger partial charge in [0.05, 0.1) is 23.7 Å². The first-order chi connectivity index (χ1) is 7.57. The fraction of sp³-hybridized carbons (Fsp3) is 0.500. The topological polar surface area (TPSA) is 46.5 Å². The van der Waals surface area contributed by atoms with Crippen molar-refractivity contribution in [1.29, 1.82) is 0 Å². The molecule has 1 N–H and O–H groups in total. The molecule has 0 fully saturated rings. The molecule has 0 saturated heterocycles. The minimum absolute atomic E-state index is 0.358. The van der Waals surface area contributed by atoms with Gasteiger partial charge in [0.1, 0.15) is 0 Å². The van der Waals surface area contributed by atoms with Gasteiger partial charge in [-0.05, 0) is 31.9 Å². The molecule has 0 bridgehead atoms. The van der Waals surface area contributed by atoms with Crippen LogP contribution in [-0.4, -0.2) is 23.9 Å². The van der Waals surface area contributed by atoms with Gasteiger partial charge in [0.15, 0.2) is 0 Å². The van der Waals surface area contributed by atoms with Gasteiger partial charge in [-0.1, -0.05) is 6.92 Å². The Labute approximate surface area is 96.7 Å². The smallest absolute Gasteiger partial charge is 0.0989 e. The number of aryl methyl sites for hydroxylation is 1. The van der Waals surface area contributed by atoms with Gasteiger partial charge in [-0.3, -0.25) is 10.4 Å². The third-order valence-electron chi connectivity index (χ3n) is 2.30. The summed E-state index contributed by atoms with van der Waals surface area (Å²) in [5, 5.41) is 4.12. The Morgan fingerprint density at radius 2 is 2.25 bits per heavy atom. The second kappa shape index (κ2) is 5.61. The van der Waals surface area contributed by atoms with Gasteiger partial charge < -0.3 is 4.74 Å². The zero-order valence-electron chi connectivity index (χ0n) is 10.3. The number of nitrogens with zero attached hydrogens (tertiary/aromatic N) is 2. The monoisotopic (exact) mass is 221 g/mol. The van der Waals surface area contributed by atoms with Gasteiger partial charge >= 0.3 is 0 Å². The molecule has 0 spiro atoms. The van der Waals surface area contributed by atoms with Crippen molar-refractivity contribution in [3.8, 4) is 0 Å². The van der Waals surface area contributed by atoms with Gasteiger partial charge in [0, 0.05) is 13.3 Å². The van der Waals surface area contributed by atoms with Crippen LogP contribution < -0.4 is 5.43 Å². The molecule has 1 aromatic rings. The molecular formula is C12H19N3O. The van der Waals surface area contributed by atoms with E-state index >= 15 is 0 Å². The lowest BCUT2D eigenvalue weighted by atomic mass is 10.2. The summed E-state index contributed by atoms with van der Waals surface area (Å²) in [6.45, 7) is 5.98. The average Bonchev–Trinajstić information content (AvgIpc) is 2.29. The Morgan fingerprint density at radius 3 is 2.88 bits per heavy atom. The molecule has 88 valence electrons. The van der Waals surface area contributed by atoms with Crippen molar-refractivity contribution in [3.05, 3.63) is 24.0 Å². The zero-order chi connectivity index (χ0) is 12.0. The predicted octanol–water partition coefficient (Wildman–Crippen LogP) is 2.47. The summed E-state index contributed by atoms with van der Waals surface area (Å²) in [4.78, 5) is 4.12. The van der Waals surface area contributed by atoms with E-state index in [0.717, 1.165) is 12.1 Å². The number of aromatic nitrogens is 1. The van der Waals surface area contributed by atoms with Crippen LogP contribution in [-0.2, 0) is 11.2 Å². The summed E-state index contributed by atoms with van der Waals surface area (Å²) < 4.78 is 5.22. The van der Waals surface area contributed by atoms with Crippen molar-refractivity contribution >= 4 is 11.9 Å². The Bertz CT molecular complexity index is 361. The number of anilines is 1. The number of rotatable bonds is 5. The largest absolute Gasteiger partial charge is 0.373 e. The first kappa shape index (κ1) is 12.6. The highest BCUT2D eigenvalue weighted by Crippen LogP contribution is 2.09. The van der Waals surface area contributed by atoms with Gasteiger partial charge in [0.25, 0.3) is 0 Å². The quantitative estimate of drug-likeness (QED) is 0.613. The van der Waals surface area contributed by atoms with Crippen LogP contribution in [0.2, 0.25) is 0 Å². The van der Waals surface area contributed by atoms with E-state index in [2.05, 4.69) is 22.4 Å². The SMILES string of the molecule is CCc1cncc(N/N=C\C(C)(C)OC)c1. The standard InChI is InChI=1S/C12H19N3O/c1-5-10-6-11(8-13-7-10)15-14-9-12(2,3)16-4/h6-9,15H,5H2,1-4H3/b14-9-. The van der Waals surface area contributed by atoms with E-state index in [1.165, 1.54) is 5.56 Å². The van der Waals surface area contributed by atoms with Crippen LogP contribution >= 0.6 is 0 Å². The first-order valence-electron chi connectivity index (χ1n) is 5.36. The molecule has 0 atom stereocenters. The fourth-order valence-electron chi connectivity index (χ4n) is 1.06. The maximum Gasteiger partial charge on any atom is 0.0989 e. The molecule has 0 saturated carbocycles. The molecule has 16 heavy (non-hydrogen) atoms. The molecule has 0 aliphatic rings. The third kappa shape index (κ3) is 3.98. The molecule has 1 heterocycles. The number of pyridine rings is 1. The van der Waals surface area contributed by atoms with Crippen molar-refractivity contribution in [1.82, 2.24) is 4.98 Å². The number of hydrogen-bond acceptors (Lipinski definition) is 4. The molecule has 0 aromatic carbocycles. The predicted molar refractivity (Wildman–Crippen MR) is 66.8 cm³/mol. The minimum Gasteiger partial charge on any atom is -0.373 e. The van der Waals surface area contributed by atoms with Gasteiger partial charge in [-0.2, -0.15) is 5.10 Å². The molecule has 0 radical (unpaired) electrons. The molecule has 0 unspecified atom stereocenters. The highest BCUT2D eigenvalue weighted by atomic mass is 16.5. The van der Waals surface area contributed by atoms with Crippen molar-refractivity contribution in [3.63, 3.8) is 0 Å². The van der Waals surface area contributed by atoms with E-state index in [-0.39, 0.29) is 5.60 Å². The van der Waals surface area contributed by atoms with Crippen molar-refractivity contribution in [2.45, 2.75) is 32.8 Å². The van der Waals surface area contributed by atoms with E-state index in [0.29, 0.717) is 0 Å². The molecule has 0 aliphatic carbocycles. The molecule has 1 aromatic heterocycles. The Hall–Kier alpha value is -1.42. The summed E-state index contributed by atoms with van der Waals surface area (Å²) >= 11 is 0. The molecule has 0 aliphatic heterocycles. The van der Waals surface area contributed by atoms with Crippen molar-refractivity contribution < 1.29 is 4.74 Å². The molecular weight excluding hydrogens is 202 g/mol. The minimum atomic E-state index is -0.358. The second-order valence-corrected chi connectivity index (χ2v) is 4.11. The number of ether oxygens (including phenoxy) is 1. The highest BCUT2D eigenvalue weighted by molar-refractivity contribution is 5.68. The summed E-state index contributed by atoms with van der Waals surface area (Å²) in [6, 6.07) is 2.03. The van der Waals surface area contributed by atoms with Crippen LogP contribution in [0.25, 0.3) is 0 Å². The zero-order valence-corrected chi connectivity index (χ0v) is 10.3. The van der Waals surface area contributed by atoms with E-state index in [1.807, 2.05) is 26.1 Å². The molecule has 1 rings (SSSR count). The number of methoxy groups -OCH3 is 1. The number of hydrazone groups is 1. The molecule has 4 heteroatoms. The summed E-state index contributed by atoms with van der Waals surface area (Å²) in [5.74, 6) is 0. The van der Waals surface area contributed by atoms with Crippen LogP contribution in [0.4, 0.5) is 5.69 Å². The lowest BCUT2D eigenvalue weighted by Gasteiger charge is -2.16. The van der Waals surface area contributed by atoms with E-state index in [9.17, 15) is 0 Å². The third-order valence-corrected chi connectivity index (χ3v) is 2.30. The second-order valence-electron chi connectivity index (χ2n) is 4.11. The van der Waals surface area contributed by atoms with E-state index in [1.54, 1.807) is 19.5 Å². The Balaban J connectivity index is 2.60. The Kier molecular flexibility index (Phi) is 4.43. The van der Waals surface area contributed by atoms with Crippen LogP contribution in [0, 0.1) is 0 Å². The normalized spacial score (nSPS) is 12.0. The molecule has 0 amide bonds. The summed E-state index contributed by atoms with van der Waals surface area (Å²) in [6.07, 6.45) is 6.30. The first-order valence-corrected chi connectivity index (χ1v) is 5.36. The highest BCUT2D eigenvalue weighted by Gasteiger charge is 2.11. The lowest BCUT2D eigenvalue weighted by Crippen LogP contribution is -2.24. The van der Waals surface area contributed by atoms with Crippen LogP contribution in [0.3, 0.4) is 0 Å². The van der Waals surface area contributed by atoms with Crippen LogP contribution in [0.15, 0.2) is 23.6 Å². The summed E-state index contributed by atoms with van der Waals surface area (Å²) in [5.41, 5.74) is 4.66. The lowest BCUT2D eigenvalue weighted by molar-refractivity contribution is 0.0871. The number of nitrogens with one attached hydrogen (secondary N) is 1. The molecule has 4 nitrogen and oxygen atoms in total. The van der Waals surface area contributed by atoms with Gasteiger partial charge in [0.2, 0.25) is 0 Å². The van der Waals surface area contributed by atoms with Crippen molar-refractivity contribution in [2.75, 3.05) is 12.5 Å². The van der Waals surface area contributed by atoms with E-state index in [4.69, 9.17) is 4.74 Å². The van der Waals surface area contributed by atoms with Crippen LogP contribution in [0.5, 0.6) is 0 Å². The summed E-state index contributed by atoms with van der Waals surface area (Å²) in [7, 11) is 1.66.